The summed E-state index contributed by atoms with van der Waals surface area (Å²) in [4.78, 5) is 31.4. The third-order valence-corrected chi connectivity index (χ3v) is 2.85. The van der Waals surface area contributed by atoms with Crippen LogP contribution in [0.15, 0.2) is 29.1 Å². The second-order valence-electron chi connectivity index (χ2n) is 4.05. The van der Waals surface area contributed by atoms with E-state index in [0.717, 1.165) is 17.3 Å². The number of nitrogens with zero attached hydrogens (tertiary/aromatic N) is 4. The molecule has 0 aliphatic carbocycles. The topological polar surface area (TPSA) is 102 Å². The molecule has 1 aliphatic heterocycles. The minimum Gasteiger partial charge on any atom is -0.395 e. The summed E-state index contributed by atoms with van der Waals surface area (Å²) < 4.78 is 4.89. The SMILES string of the molecule is O=C(c1ccc([N+](=O)[O-])o1)N1Cc2cncnc2C1. The molecule has 0 saturated carbocycles. The van der Waals surface area contributed by atoms with Crippen molar-refractivity contribution in [3.05, 3.63) is 51.8 Å². The highest BCUT2D eigenvalue weighted by Gasteiger charge is 2.28. The highest BCUT2D eigenvalue weighted by molar-refractivity contribution is 5.92. The van der Waals surface area contributed by atoms with Gasteiger partial charge in [-0.3, -0.25) is 14.9 Å². The highest BCUT2D eigenvalue weighted by Crippen LogP contribution is 2.23. The Morgan fingerprint density at radius 2 is 2.26 bits per heavy atom. The fraction of sp³-hybridized carbons (Fsp3) is 0.182. The molecule has 0 atom stereocenters. The first-order chi connectivity index (χ1) is 9.15. The first-order valence-electron chi connectivity index (χ1n) is 5.46. The first-order valence-corrected chi connectivity index (χ1v) is 5.46. The van der Waals surface area contributed by atoms with Gasteiger partial charge in [0.2, 0.25) is 0 Å². The highest BCUT2D eigenvalue weighted by atomic mass is 16.6. The smallest absolute Gasteiger partial charge is 0.395 e. The molecule has 3 rings (SSSR count). The maximum Gasteiger partial charge on any atom is 0.433 e. The van der Waals surface area contributed by atoms with Crippen LogP contribution in [0, 0.1) is 10.1 Å². The van der Waals surface area contributed by atoms with Gasteiger partial charge in [0.15, 0.2) is 5.76 Å². The zero-order valence-corrected chi connectivity index (χ0v) is 9.65. The second kappa shape index (κ2) is 4.16. The van der Waals surface area contributed by atoms with Crippen LogP contribution in [-0.2, 0) is 13.1 Å². The third-order valence-electron chi connectivity index (χ3n) is 2.85. The lowest BCUT2D eigenvalue weighted by Crippen LogP contribution is -2.24. The molecule has 0 radical (unpaired) electrons. The number of carbonyl (C=O) groups excluding carboxylic acids is 1. The molecule has 1 aliphatic rings. The van der Waals surface area contributed by atoms with Gasteiger partial charge in [0.05, 0.1) is 18.3 Å². The Bertz CT molecular complexity index is 641. The van der Waals surface area contributed by atoms with Crippen LogP contribution in [0.4, 0.5) is 5.88 Å². The number of fused-ring (bicyclic) bond motifs is 1. The maximum atomic E-state index is 12.1. The van der Waals surface area contributed by atoms with Gasteiger partial charge in [-0.25, -0.2) is 9.97 Å². The molecule has 0 saturated heterocycles. The normalized spacial score (nSPS) is 13.4. The van der Waals surface area contributed by atoms with E-state index in [9.17, 15) is 14.9 Å². The van der Waals surface area contributed by atoms with Crippen LogP contribution in [0.3, 0.4) is 0 Å². The number of furan rings is 1. The lowest BCUT2D eigenvalue weighted by atomic mass is 10.3. The largest absolute Gasteiger partial charge is 0.433 e. The van der Waals surface area contributed by atoms with Gasteiger partial charge >= 0.3 is 5.88 Å². The molecule has 2 aromatic heterocycles. The number of hydrogen-bond donors (Lipinski definition) is 0. The molecule has 3 heterocycles. The fourth-order valence-electron chi connectivity index (χ4n) is 1.94. The van der Waals surface area contributed by atoms with E-state index in [1.54, 1.807) is 6.20 Å². The zero-order chi connectivity index (χ0) is 13.4. The summed E-state index contributed by atoms with van der Waals surface area (Å²) in [6.45, 7) is 0.731. The van der Waals surface area contributed by atoms with Gasteiger partial charge in [-0.15, -0.1) is 0 Å². The van der Waals surface area contributed by atoms with Crippen LogP contribution < -0.4 is 0 Å². The monoisotopic (exact) mass is 260 g/mol. The van der Waals surface area contributed by atoms with Crippen LogP contribution in [0.2, 0.25) is 0 Å². The summed E-state index contributed by atoms with van der Waals surface area (Å²) in [6.07, 6.45) is 3.07. The van der Waals surface area contributed by atoms with Gasteiger partial charge in [0, 0.05) is 18.3 Å². The summed E-state index contributed by atoms with van der Waals surface area (Å²) >= 11 is 0. The summed E-state index contributed by atoms with van der Waals surface area (Å²) in [7, 11) is 0. The van der Waals surface area contributed by atoms with Crippen molar-refractivity contribution in [3.63, 3.8) is 0 Å². The van der Waals surface area contributed by atoms with Crippen LogP contribution >= 0.6 is 0 Å². The summed E-state index contributed by atoms with van der Waals surface area (Å²) in [5, 5.41) is 10.5. The van der Waals surface area contributed by atoms with Crippen LogP contribution in [0.1, 0.15) is 21.8 Å². The number of nitro groups is 1. The Hall–Kier alpha value is -2.77. The molecule has 0 N–H and O–H groups in total. The van der Waals surface area contributed by atoms with Gasteiger partial charge in [-0.1, -0.05) is 0 Å². The van der Waals surface area contributed by atoms with E-state index in [1.165, 1.54) is 17.3 Å². The molecule has 0 bridgehead atoms. The van der Waals surface area contributed by atoms with Crippen molar-refractivity contribution in [3.8, 4) is 0 Å². The Labute approximate surface area is 106 Å². The quantitative estimate of drug-likeness (QED) is 0.592. The van der Waals surface area contributed by atoms with Gasteiger partial charge in [-0.05, 0) is 6.07 Å². The van der Waals surface area contributed by atoms with Crippen molar-refractivity contribution in [1.29, 1.82) is 0 Å². The van der Waals surface area contributed by atoms with E-state index in [1.807, 2.05) is 0 Å². The molecular formula is C11H8N4O4. The van der Waals surface area contributed by atoms with Gasteiger partial charge < -0.3 is 9.32 Å². The van der Waals surface area contributed by atoms with E-state index in [2.05, 4.69) is 9.97 Å². The number of hydrogen-bond acceptors (Lipinski definition) is 6. The van der Waals surface area contributed by atoms with Crippen LogP contribution in [-0.4, -0.2) is 25.7 Å². The standard InChI is InChI=1S/C11H8N4O4/c16-11(9-1-2-10(19-9)15(17)18)14-4-7-3-12-6-13-8(7)5-14/h1-3,6H,4-5H2. The first kappa shape index (κ1) is 11.3. The number of aromatic nitrogens is 2. The number of carbonyl (C=O) groups is 1. The fourth-order valence-corrected chi connectivity index (χ4v) is 1.94. The lowest BCUT2D eigenvalue weighted by molar-refractivity contribution is -0.402. The minimum absolute atomic E-state index is 0.0486. The number of amides is 1. The Morgan fingerprint density at radius 1 is 1.42 bits per heavy atom. The van der Waals surface area contributed by atoms with Crippen molar-refractivity contribution in [2.45, 2.75) is 13.1 Å². The maximum absolute atomic E-state index is 12.1. The van der Waals surface area contributed by atoms with E-state index >= 15 is 0 Å². The minimum atomic E-state index is -0.680. The zero-order valence-electron chi connectivity index (χ0n) is 9.65. The van der Waals surface area contributed by atoms with E-state index < -0.39 is 16.7 Å². The second-order valence-corrected chi connectivity index (χ2v) is 4.05. The van der Waals surface area contributed by atoms with Crippen LogP contribution in [0.25, 0.3) is 0 Å². The van der Waals surface area contributed by atoms with Crippen molar-refractivity contribution >= 4 is 11.8 Å². The molecule has 8 heteroatoms. The molecule has 0 fully saturated rings. The molecule has 96 valence electrons. The van der Waals surface area contributed by atoms with E-state index in [4.69, 9.17) is 4.42 Å². The average Bonchev–Trinajstić information content (AvgIpc) is 3.04. The van der Waals surface area contributed by atoms with Gasteiger partial charge in [0.25, 0.3) is 5.91 Å². The van der Waals surface area contributed by atoms with Crippen molar-refractivity contribution < 1.29 is 14.1 Å². The predicted molar refractivity (Wildman–Crippen MR) is 61.0 cm³/mol. The van der Waals surface area contributed by atoms with Crippen molar-refractivity contribution in [2.75, 3.05) is 0 Å². The van der Waals surface area contributed by atoms with Gasteiger partial charge in [0.1, 0.15) is 11.3 Å². The van der Waals surface area contributed by atoms with E-state index in [0.29, 0.717) is 13.1 Å². The van der Waals surface area contributed by atoms with Gasteiger partial charge in [-0.2, -0.15) is 0 Å². The molecule has 0 aromatic carbocycles. The molecule has 19 heavy (non-hydrogen) atoms. The molecule has 1 amide bonds. The molecule has 8 nitrogen and oxygen atoms in total. The Balaban J connectivity index is 1.81. The molecule has 0 spiro atoms. The number of rotatable bonds is 2. The van der Waals surface area contributed by atoms with Crippen molar-refractivity contribution in [1.82, 2.24) is 14.9 Å². The van der Waals surface area contributed by atoms with Crippen LogP contribution in [0.5, 0.6) is 0 Å². The lowest BCUT2D eigenvalue weighted by Gasteiger charge is -2.12. The van der Waals surface area contributed by atoms with Crippen molar-refractivity contribution in [2.24, 2.45) is 0 Å². The summed E-state index contributed by atoms with van der Waals surface area (Å²) in [5.74, 6) is -0.890. The molecular weight excluding hydrogens is 252 g/mol. The predicted octanol–water partition coefficient (Wildman–Crippen LogP) is 1.13. The average molecular weight is 260 g/mol. The Morgan fingerprint density at radius 3 is 2.95 bits per heavy atom. The summed E-state index contributed by atoms with van der Waals surface area (Å²) in [6, 6.07) is 2.46. The van der Waals surface area contributed by atoms with E-state index in [-0.39, 0.29) is 5.76 Å². The molecule has 0 unspecified atom stereocenters. The Kier molecular flexibility index (Phi) is 2.48. The summed E-state index contributed by atoms with van der Waals surface area (Å²) in [5.41, 5.74) is 1.65. The third kappa shape index (κ3) is 1.92. The molecule has 2 aromatic rings.